The molecule has 1 heterocycles. The standard InChI is InChI=1S/C10H8F2N2O3/c1-17-8(15)2-7-9(16)5(3-13)6(4-14-7)10(11)12/h4,10,16H,2H2,1H3. The Bertz CT molecular complexity index is 483. The molecule has 1 aromatic heterocycles. The summed E-state index contributed by atoms with van der Waals surface area (Å²) in [4.78, 5) is 14.5. The van der Waals surface area contributed by atoms with E-state index >= 15 is 0 Å². The van der Waals surface area contributed by atoms with Gasteiger partial charge in [0.2, 0.25) is 0 Å². The number of nitriles is 1. The summed E-state index contributed by atoms with van der Waals surface area (Å²) < 4.78 is 29.3. The fourth-order valence-corrected chi connectivity index (χ4v) is 1.18. The predicted molar refractivity (Wildman–Crippen MR) is 51.3 cm³/mol. The van der Waals surface area contributed by atoms with Crippen LogP contribution in [0.4, 0.5) is 8.78 Å². The fraction of sp³-hybridized carbons (Fsp3) is 0.300. The molecule has 0 bridgehead atoms. The van der Waals surface area contributed by atoms with Crippen LogP contribution in [0.5, 0.6) is 5.75 Å². The Labute approximate surface area is 95.3 Å². The summed E-state index contributed by atoms with van der Waals surface area (Å²) in [7, 11) is 1.14. The molecule has 5 nitrogen and oxygen atoms in total. The number of alkyl halides is 2. The minimum atomic E-state index is -2.92. The smallest absolute Gasteiger partial charge is 0.311 e. The minimum Gasteiger partial charge on any atom is -0.505 e. The zero-order valence-electron chi connectivity index (χ0n) is 8.78. The van der Waals surface area contributed by atoms with Crippen molar-refractivity contribution in [3.05, 3.63) is 23.0 Å². The van der Waals surface area contributed by atoms with Crippen LogP contribution in [0.15, 0.2) is 6.20 Å². The zero-order valence-corrected chi connectivity index (χ0v) is 8.78. The molecular weight excluding hydrogens is 234 g/mol. The van der Waals surface area contributed by atoms with Crippen molar-refractivity contribution < 1.29 is 23.4 Å². The Balaban J connectivity index is 3.21. The molecule has 0 spiro atoms. The lowest BCUT2D eigenvalue weighted by atomic mass is 10.1. The van der Waals surface area contributed by atoms with Crippen LogP contribution in [-0.2, 0) is 16.0 Å². The summed E-state index contributed by atoms with van der Waals surface area (Å²) >= 11 is 0. The van der Waals surface area contributed by atoms with Gasteiger partial charge >= 0.3 is 5.97 Å². The van der Waals surface area contributed by atoms with Crippen LogP contribution in [0, 0.1) is 11.3 Å². The number of methoxy groups -OCH3 is 1. The molecule has 0 aliphatic carbocycles. The van der Waals surface area contributed by atoms with Crippen molar-refractivity contribution >= 4 is 5.97 Å². The first-order valence-corrected chi connectivity index (χ1v) is 4.47. The molecule has 0 radical (unpaired) electrons. The van der Waals surface area contributed by atoms with Crippen LogP contribution in [0.25, 0.3) is 0 Å². The van der Waals surface area contributed by atoms with E-state index in [1.165, 1.54) is 6.07 Å². The second-order valence-electron chi connectivity index (χ2n) is 3.05. The maximum absolute atomic E-state index is 12.5. The third-order valence-corrected chi connectivity index (χ3v) is 2.04. The van der Waals surface area contributed by atoms with Gasteiger partial charge in [-0.05, 0) is 0 Å². The van der Waals surface area contributed by atoms with Crippen molar-refractivity contribution in [1.82, 2.24) is 4.98 Å². The fourth-order valence-electron chi connectivity index (χ4n) is 1.18. The first kappa shape index (κ1) is 12.8. The summed E-state index contributed by atoms with van der Waals surface area (Å²) in [6, 6.07) is 1.45. The van der Waals surface area contributed by atoms with Crippen LogP contribution < -0.4 is 0 Å². The number of esters is 1. The summed E-state index contributed by atoms with van der Waals surface area (Å²) in [5.41, 5.74) is -1.41. The molecule has 90 valence electrons. The number of halogens is 2. The maximum atomic E-state index is 12.5. The quantitative estimate of drug-likeness (QED) is 0.808. The molecule has 0 fully saturated rings. The Morgan fingerprint density at radius 2 is 2.35 bits per heavy atom. The van der Waals surface area contributed by atoms with Crippen molar-refractivity contribution in [3.63, 3.8) is 0 Å². The van der Waals surface area contributed by atoms with Gasteiger partial charge in [0.05, 0.1) is 24.8 Å². The molecule has 1 N–H and O–H groups in total. The SMILES string of the molecule is COC(=O)Cc1ncc(C(F)F)c(C#N)c1O. The Hall–Kier alpha value is -2.23. The van der Waals surface area contributed by atoms with Crippen molar-refractivity contribution in [2.75, 3.05) is 7.11 Å². The van der Waals surface area contributed by atoms with E-state index in [0.29, 0.717) is 0 Å². The maximum Gasteiger partial charge on any atom is 0.311 e. The van der Waals surface area contributed by atoms with Gasteiger partial charge in [-0.2, -0.15) is 5.26 Å². The van der Waals surface area contributed by atoms with E-state index in [4.69, 9.17) is 5.26 Å². The average molecular weight is 242 g/mol. The number of hydrogen-bond donors (Lipinski definition) is 1. The van der Waals surface area contributed by atoms with Crippen LogP contribution >= 0.6 is 0 Å². The van der Waals surface area contributed by atoms with Crippen LogP contribution in [0.1, 0.15) is 23.2 Å². The molecule has 0 amide bonds. The van der Waals surface area contributed by atoms with Gasteiger partial charge in [0.25, 0.3) is 6.43 Å². The Morgan fingerprint density at radius 1 is 1.71 bits per heavy atom. The lowest BCUT2D eigenvalue weighted by Gasteiger charge is -2.08. The number of pyridine rings is 1. The van der Waals surface area contributed by atoms with E-state index in [1.54, 1.807) is 0 Å². The monoisotopic (exact) mass is 242 g/mol. The highest BCUT2D eigenvalue weighted by molar-refractivity contribution is 5.73. The number of rotatable bonds is 3. The number of aromatic hydroxyl groups is 1. The number of carbonyl (C=O) groups is 1. The molecule has 1 aromatic rings. The third kappa shape index (κ3) is 2.66. The second kappa shape index (κ2) is 5.21. The molecule has 7 heteroatoms. The van der Waals surface area contributed by atoms with Crippen LogP contribution in [0.3, 0.4) is 0 Å². The Morgan fingerprint density at radius 3 is 2.82 bits per heavy atom. The average Bonchev–Trinajstić information content (AvgIpc) is 2.30. The molecule has 0 aliphatic heterocycles. The van der Waals surface area contributed by atoms with E-state index in [9.17, 15) is 18.7 Å². The number of carbonyl (C=O) groups excluding carboxylic acids is 1. The molecule has 0 unspecified atom stereocenters. The lowest BCUT2D eigenvalue weighted by molar-refractivity contribution is -0.139. The molecule has 0 saturated heterocycles. The predicted octanol–water partition coefficient (Wildman–Crippen LogP) is 1.31. The number of hydrogen-bond acceptors (Lipinski definition) is 5. The van der Waals surface area contributed by atoms with Crippen molar-refractivity contribution in [1.29, 1.82) is 5.26 Å². The highest BCUT2D eigenvalue weighted by atomic mass is 19.3. The van der Waals surface area contributed by atoms with E-state index in [1.807, 2.05) is 0 Å². The van der Waals surface area contributed by atoms with Crippen molar-refractivity contribution in [3.8, 4) is 11.8 Å². The van der Waals surface area contributed by atoms with Gasteiger partial charge in [-0.1, -0.05) is 0 Å². The minimum absolute atomic E-state index is 0.169. The van der Waals surface area contributed by atoms with E-state index in [2.05, 4.69) is 9.72 Å². The molecule has 0 aromatic carbocycles. The van der Waals surface area contributed by atoms with Gasteiger partial charge in [-0.15, -0.1) is 0 Å². The first-order valence-electron chi connectivity index (χ1n) is 4.47. The largest absolute Gasteiger partial charge is 0.505 e. The lowest BCUT2D eigenvalue weighted by Crippen LogP contribution is -2.08. The van der Waals surface area contributed by atoms with E-state index in [0.717, 1.165) is 13.3 Å². The van der Waals surface area contributed by atoms with Crippen molar-refractivity contribution in [2.45, 2.75) is 12.8 Å². The summed E-state index contributed by atoms with van der Waals surface area (Å²) in [6.45, 7) is 0. The summed E-state index contributed by atoms with van der Waals surface area (Å²) in [5.74, 6) is -1.41. The summed E-state index contributed by atoms with van der Waals surface area (Å²) in [5, 5.41) is 18.2. The van der Waals surface area contributed by atoms with Gasteiger partial charge in [-0.3, -0.25) is 9.78 Å². The highest BCUT2D eigenvalue weighted by Gasteiger charge is 2.21. The van der Waals surface area contributed by atoms with Gasteiger partial charge < -0.3 is 9.84 Å². The molecule has 1 rings (SSSR count). The van der Waals surface area contributed by atoms with Gasteiger partial charge in [-0.25, -0.2) is 8.78 Å². The van der Waals surface area contributed by atoms with Gasteiger partial charge in [0, 0.05) is 6.20 Å². The van der Waals surface area contributed by atoms with Gasteiger partial charge in [0.1, 0.15) is 11.6 Å². The Kier molecular flexibility index (Phi) is 3.93. The molecule has 0 aliphatic rings. The first-order chi connectivity index (χ1) is 8.01. The molecule has 0 atom stereocenters. The number of aromatic nitrogens is 1. The number of nitrogens with zero attached hydrogens (tertiary/aromatic N) is 2. The van der Waals surface area contributed by atoms with Gasteiger partial charge in [0.15, 0.2) is 5.75 Å². The van der Waals surface area contributed by atoms with Crippen molar-refractivity contribution in [2.24, 2.45) is 0 Å². The highest BCUT2D eigenvalue weighted by Crippen LogP contribution is 2.30. The second-order valence-corrected chi connectivity index (χ2v) is 3.05. The van der Waals surface area contributed by atoms with Crippen LogP contribution in [-0.4, -0.2) is 23.2 Å². The summed E-state index contributed by atoms with van der Waals surface area (Å²) in [6.07, 6.45) is -2.54. The topological polar surface area (TPSA) is 83.2 Å². The zero-order chi connectivity index (χ0) is 13.0. The molecule has 17 heavy (non-hydrogen) atoms. The normalized spacial score (nSPS) is 10.1. The number of ether oxygens (including phenoxy) is 1. The molecular formula is C10H8F2N2O3. The van der Waals surface area contributed by atoms with E-state index in [-0.39, 0.29) is 12.1 Å². The molecule has 0 saturated carbocycles. The third-order valence-electron chi connectivity index (χ3n) is 2.04. The van der Waals surface area contributed by atoms with E-state index < -0.39 is 29.3 Å². The van der Waals surface area contributed by atoms with Crippen LogP contribution in [0.2, 0.25) is 0 Å².